The molecule has 2 aliphatic heterocycles. The number of hydrogen-bond acceptors (Lipinski definition) is 6. The van der Waals surface area contributed by atoms with Crippen molar-refractivity contribution in [2.75, 3.05) is 19.7 Å². The molecule has 1 fully saturated rings. The summed E-state index contributed by atoms with van der Waals surface area (Å²) >= 11 is 0.993. The number of carbonyl (C=O) groups is 3. The number of benzene rings is 3. The molecule has 10 nitrogen and oxygen atoms in total. The van der Waals surface area contributed by atoms with Gasteiger partial charge in [0.05, 0.1) is 18.0 Å². The molecule has 2 aliphatic rings. The number of fused-ring (bicyclic) bond motifs is 2. The fraction of sp³-hybridized carbons (Fsp3) is 0.343. The van der Waals surface area contributed by atoms with Gasteiger partial charge in [-0.3, -0.25) is 18.9 Å². The van der Waals surface area contributed by atoms with Crippen LogP contribution in [0.3, 0.4) is 0 Å². The second-order valence-corrected chi connectivity index (χ2v) is 16.1. The van der Waals surface area contributed by atoms with Crippen LogP contribution in [-0.4, -0.2) is 63.0 Å². The number of rotatable bonds is 7. The highest BCUT2D eigenvalue weighted by Crippen LogP contribution is 2.59. The largest absolute Gasteiger partial charge is 0.399 e. The van der Waals surface area contributed by atoms with Crippen molar-refractivity contribution in [2.45, 2.75) is 51.2 Å². The van der Waals surface area contributed by atoms with Crippen LogP contribution in [0.4, 0.5) is 8.78 Å². The lowest BCUT2D eigenvalue weighted by Crippen LogP contribution is -2.56. The van der Waals surface area contributed by atoms with Crippen LogP contribution < -0.4 is 5.32 Å². The molecule has 0 saturated carbocycles. The van der Waals surface area contributed by atoms with Crippen LogP contribution in [0.5, 0.6) is 0 Å². The summed E-state index contributed by atoms with van der Waals surface area (Å²) in [5.74, 6) is -1.32. The Hall–Kier alpha value is -4.00. The molecule has 3 N–H and O–H groups in total. The first kappa shape index (κ1) is 34.8. The van der Waals surface area contributed by atoms with Gasteiger partial charge in [0, 0.05) is 23.4 Å². The highest BCUT2D eigenvalue weighted by molar-refractivity contribution is 7.52. The Morgan fingerprint density at radius 2 is 1.69 bits per heavy atom. The van der Waals surface area contributed by atoms with E-state index in [1.54, 1.807) is 25.7 Å². The van der Waals surface area contributed by atoms with Crippen LogP contribution in [0.1, 0.15) is 64.8 Å². The van der Waals surface area contributed by atoms with E-state index in [-0.39, 0.29) is 28.8 Å². The average molecular weight is 712 g/mol. The monoisotopic (exact) mass is 711 g/mol. The predicted molar refractivity (Wildman–Crippen MR) is 180 cm³/mol. The van der Waals surface area contributed by atoms with Crippen molar-refractivity contribution < 1.29 is 42.3 Å². The molecule has 0 radical (unpaired) electrons. The first-order valence-electron chi connectivity index (χ1n) is 15.7. The van der Waals surface area contributed by atoms with Gasteiger partial charge in [-0.15, -0.1) is 11.3 Å². The lowest BCUT2D eigenvalue weighted by molar-refractivity contribution is -0.152. The Kier molecular flexibility index (Phi) is 9.27. The highest BCUT2D eigenvalue weighted by atomic mass is 32.1. The van der Waals surface area contributed by atoms with E-state index < -0.39 is 48.1 Å². The summed E-state index contributed by atoms with van der Waals surface area (Å²) in [6.45, 7) is 6.56. The summed E-state index contributed by atoms with van der Waals surface area (Å²) in [7, 11) is -5.79. The number of thiophene rings is 1. The third-order valence-electron chi connectivity index (χ3n) is 8.91. The molecule has 0 spiro atoms. The van der Waals surface area contributed by atoms with E-state index in [9.17, 15) is 27.7 Å². The van der Waals surface area contributed by atoms with Gasteiger partial charge in [-0.2, -0.15) is 8.78 Å². The SMILES string of the molecule is CC(C)(C)C(NC(=O)c1cc2cc(C(F)(F)P(=O)(O)O)ccc2s1)C(=O)N1Cc2ccccc2C1C(=O)N1CCO[C@@H](c2ccccc2)C1. The van der Waals surface area contributed by atoms with Gasteiger partial charge in [-0.1, -0.05) is 81.4 Å². The first-order chi connectivity index (χ1) is 23.1. The topological polar surface area (TPSA) is 136 Å². The number of nitrogens with zero attached hydrogens (tertiary/aromatic N) is 2. The molecular formula is C35H36F2N3O7PS. The van der Waals surface area contributed by atoms with Crippen LogP contribution in [-0.2, 0) is 31.1 Å². The molecule has 3 heterocycles. The van der Waals surface area contributed by atoms with Gasteiger partial charge in [0.1, 0.15) is 18.2 Å². The quantitative estimate of drug-likeness (QED) is 0.202. The summed E-state index contributed by atoms with van der Waals surface area (Å²) in [5.41, 5.74) is -3.59. The molecule has 6 rings (SSSR count). The summed E-state index contributed by atoms with van der Waals surface area (Å²) in [6, 6.07) is 19.5. The summed E-state index contributed by atoms with van der Waals surface area (Å²) in [6.07, 6.45) is -0.318. The van der Waals surface area contributed by atoms with Gasteiger partial charge < -0.3 is 29.6 Å². The molecule has 4 aromatic rings. The van der Waals surface area contributed by atoms with Gasteiger partial charge in [-0.25, -0.2) is 0 Å². The Balaban J connectivity index is 1.26. The number of morpholine rings is 1. The van der Waals surface area contributed by atoms with E-state index in [0.717, 1.165) is 40.2 Å². The van der Waals surface area contributed by atoms with Gasteiger partial charge >= 0.3 is 13.3 Å². The zero-order chi connectivity index (χ0) is 35.3. The number of ether oxygens (including phenoxy) is 1. The number of hydrogen-bond donors (Lipinski definition) is 3. The minimum atomic E-state index is -5.79. The summed E-state index contributed by atoms with van der Waals surface area (Å²) in [4.78, 5) is 64.1. The van der Waals surface area contributed by atoms with E-state index in [1.165, 1.54) is 17.0 Å². The first-order valence-corrected chi connectivity index (χ1v) is 18.1. The smallest absolute Gasteiger partial charge is 0.370 e. The molecule has 3 atom stereocenters. The highest BCUT2D eigenvalue weighted by Gasteiger charge is 2.50. The van der Waals surface area contributed by atoms with E-state index in [1.807, 2.05) is 54.6 Å². The predicted octanol–water partition coefficient (Wildman–Crippen LogP) is 5.96. The van der Waals surface area contributed by atoms with Crippen molar-refractivity contribution in [3.05, 3.63) is 106 Å². The molecule has 3 amide bonds. The van der Waals surface area contributed by atoms with E-state index >= 15 is 0 Å². The number of halogens is 2. The average Bonchev–Trinajstić information content (AvgIpc) is 3.68. The lowest BCUT2D eigenvalue weighted by Gasteiger charge is -2.39. The van der Waals surface area contributed by atoms with Crippen LogP contribution in [0.2, 0.25) is 0 Å². The fourth-order valence-corrected chi connectivity index (χ4v) is 7.70. The maximum absolute atomic E-state index is 14.5. The maximum atomic E-state index is 14.5. The van der Waals surface area contributed by atoms with Gasteiger partial charge in [0.15, 0.2) is 0 Å². The zero-order valence-corrected chi connectivity index (χ0v) is 28.7. The van der Waals surface area contributed by atoms with Crippen molar-refractivity contribution in [1.82, 2.24) is 15.1 Å². The molecule has 49 heavy (non-hydrogen) atoms. The molecule has 2 unspecified atom stereocenters. The molecule has 0 bridgehead atoms. The van der Waals surface area contributed by atoms with Crippen molar-refractivity contribution in [3.8, 4) is 0 Å². The van der Waals surface area contributed by atoms with Crippen LogP contribution in [0, 0.1) is 5.41 Å². The maximum Gasteiger partial charge on any atom is 0.399 e. The Bertz CT molecular complexity index is 1960. The molecule has 0 aliphatic carbocycles. The van der Waals surface area contributed by atoms with Crippen LogP contribution in [0.25, 0.3) is 10.1 Å². The minimum Gasteiger partial charge on any atom is -0.370 e. The van der Waals surface area contributed by atoms with Crippen molar-refractivity contribution in [2.24, 2.45) is 5.41 Å². The van der Waals surface area contributed by atoms with E-state index in [0.29, 0.717) is 24.4 Å². The molecular weight excluding hydrogens is 675 g/mol. The molecule has 14 heteroatoms. The lowest BCUT2D eigenvalue weighted by atomic mass is 9.85. The second-order valence-electron chi connectivity index (χ2n) is 13.3. The number of amides is 3. The molecule has 3 aromatic carbocycles. The molecule has 1 saturated heterocycles. The van der Waals surface area contributed by atoms with Gasteiger partial charge in [0.2, 0.25) is 11.8 Å². The number of nitrogens with one attached hydrogen (secondary N) is 1. The summed E-state index contributed by atoms with van der Waals surface area (Å²) in [5, 5.41) is 3.03. The van der Waals surface area contributed by atoms with Gasteiger partial charge in [0.25, 0.3) is 5.91 Å². The van der Waals surface area contributed by atoms with E-state index in [2.05, 4.69) is 5.32 Å². The second kappa shape index (κ2) is 13.0. The van der Waals surface area contributed by atoms with Crippen LogP contribution >= 0.6 is 18.9 Å². The number of alkyl halides is 2. The molecule has 1 aromatic heterocycles. The van der Waals surface area contributed by atoms with Gasteiger partial charge in [-0.05, 0) is 45.7 Å². The normalized spacial score (nSPS) is 19.1. The Morgan fingerprint density at radius 3 is 2.39 bits per heavy atom. The van der Waals surface area contributed by atoms with Crippen LogP contribution in [0.15, 0.2) is 78.9 Å². The fourth-order valence-electron chi connectivity index (χ4n) is 6.28. The van der Waals surface area contributed by atoms with Crippen molar-refractivity contribution in [1.29, 1.82) is 0 Å². The summed E-state index contributed by atoms with van der Waals surface area (Å²) < 4.78 is 46.6. The van der Waals surface area contributed by atoms with Crippen molar-refractivity contribution >= 4 is 46.7 Å². The number of carbonyl (C=O) groups excluding carboxylic acids is 3. The van der Waals surface area contributed by atoms with E-state index in [4.69, 9.17) is 14.5 Å². The Labute approximate surface area is 285 Å². The third-order valence-corrected chi connectivity index (χ3v) is 11.0. The standard InChI is InChI=1S/C35H36F2N3O7PS/c1-34(2,3)30(38-31(41)28-18-23-17-24(13-14-27(23)49-28)35(36,37)48(44,45)46)33(43)40-19-22-11-7-8-12-25(22)29(40)32(42)39-15-16-47-26(20-39)21-9-5-4-6-10-21/h4-14,17-18,26,29-30H,15-16,19-20H2,1-3H3,(H,38,41)(H2,44,45,46)/t26-,29?,30?/m1/s1. The van der Waals surface area contributed by atoms with Crippen molar-refractivity contribution in [3.63, 3.8) is 0 Å². The zero-order valence-electron chi connectivity index (χ0n) is 27.0. The molecule has 258 valence electrons. The third kappa shape index (κ3) is 6.78. The minimum absolute atomic E-state index is 0.117. The Morgan fingerprint density at radius 1 is 1.00 bits per heavy atom.